The lowest BCUT2D eigenvalue weighted by molar-refractivity contribution is -0.119. The van der Waals surface area contributed by atoms with Crippen molar-refractivity contribution in [2.75, 3.05) is 0 Å². The van der Waals surface area contributed by atoms with Gasteiger partial charge in [0.15, 0.2) is 5.78 Å². The van der Waals surface area contributed by atoms with Crippen molar-refractivity contribution in [1.82, 2.24) is 0 Å². The van der Waals surface area contributed by atoms with E-state index in [0.717, 1.165) is 25.7 Å². The van der Waals surface area contributed by atoms with Crippen molar-refractivity contribution in [3.8, 4) is 0 Å². The van der Waals surface area contributed by atoms with Crippen LogP contribution < -0.4 is 0 Å². The van der Waals surface area contributed by atoms with E-state index in [2.05, 4.69) is 50.5 Å². The molecule has 0 radical (unpaired) electrons. The SMILES string of the molecule is O=C1CCCCCCCCCC(S)(S)C1(S)S. The summed E-state index contributed by atoms with van der Waals surface area (Å²) in [5, 5.41) is 0. The lowest BCUT2D eigenvalue weighted by Gasteiger charge is -2.37. The summed E-state index contributed by atoms with van der Waals surface area (Å²) in [6.07, 6.45) is 9.32. The van der Waals surface area contributed by atoms with E-state index in [4.69, 9.17) is 0 Å². The fourth-order valence-electron chi connectivity index (χ4n) is 2.11. The van der Waals surface area contributed by atoms with Gasteiger partial charge in [-0.05, 0) is 12.8 Å². The zero-order valence-electron chi connectivity index (χ0n) is 10.1. The number of carbonyl (C=O) groups is 1. The van der Waals surface area contributed by atoms with E-state index in [1.807, 2.05) is 0 Å². The zero-order valence-corrected chi connectivity index (χ0v) is 13.6. The first-order valence-electron chi connectivity index (χ1n) is 6.31. The maximum Gasteiger partial charge on any atom is 0.160 e. The second-order valence-electron chi connectivity index (χ2n) is 4.89. The van der Waals surface area contributed by atoms with Crippen LogP contribution in [-0.2, 0) is 4.79 Å². The van der Waals surface area contributed by atoms with E-state index < -0.39 is 8.16 Å². The Morgan fingerprint density at radius 2 is 1.24 bits per heavy atom. The van der Waals surface area contributed by atoms with Crippen LogP contribution >= 0.6 is 50.5 Å². The van der Waals surface area contributed by atoms with Gasteiger partial charge in [-0.3, -0.25) is 4.79 Å². The molecule has 0 aliphatic heterocycles. The maximum atomic E-state index is 12.1. The van der Waals surface area contributed by atoms with E-state index in [1.165, 1.54) is 25.7 Å². The highest BCUT2D eigenvalue weighted by atomic mass is 32.2. The van der Waals surface area contributed by atoms with E-state index >= 15 is 0 Å². The van der Waals surface area contributed by atoms with Crippen molar-refractivity contribution >= 4 is 56.3 Å². The van der Waals surface area contributed by atoms with E-state index in [1.54, 1.807) is 0 Å². The van der Waals surface area contributed by atoms with Gasteiger partial charge in [0.1, 0.15) is 4.08 Å². The molecule has 0 unspecified atom stereocenters. The Labute approximate surface area is 127 Å². The van der Waals surface area contributed by atoms with Gasteiger partial charge in [0.05, 0.1) is 4.08 Å². The Bertz CT molecular complexity index is 263. The molecule has 1 saturated carbocycles. The molecule has 0 amide bonds. The van der Waals surface area contributed by atoms with Gasteiger partial charge in [0.2, 0.25) is 0 Å². The van der Waals surface area contributed by atoms with Crippen molar-refractivity contribution in [2.45, 2.75) is 65.9 Å². The van der Waals surface area contributed by atoms with Crippen LogP contribution in [0.1, 0.15) is 57.8 Å². The van der Waals surface area contributed by atoms with Crippen molar-refractivity contribution in [1.29, 1.82) is 0 Å². The van der Waals surface area contributed by atoms with E-state index in [-0.39, 0.29) is 5.78 Å². The van der Waals surface area contributed by atoms with Gasteiger partial charge in [-0.15, -0.1) is 0 Å². The molecular formula is C12H22OS4. The standard InChI is InChI=1S/C12H22OS4/c13-10-8-6-4-2-1-3-5-7-9-11(14,15)12(10,16)17/h14-17H,1-9H2. The Balaban J connectivity index is 2.71. The Morgan fingerprint density at radius 3 is 1.82 bits per heavy atom. The number of carbonyl (C=O) groups excluding carboxylic acids is 1. The third-order valence-electron chi connectivity index (χ3n) is 3.38. The first-order valence-corrected chi connectivity index (χ1v) is 8.09. The summed E-state index contributed by atoms with van der Waals surface area (Å²) in [5.41, 5.74) is 0. The largest absolute Gasteiger partial charge is 0.297 e. The second kappa shape index (κ2) is 7.01. The van der Waals surface area contributed by atoms with Crippen molar-refractivity contribution in [2.24, 2.45) is 0 Å². The molecule has 0 bridgehead atoms. The lowest BCUT2D eigenvalue weighted by atomic mass is 9.99. The van der Waals surface area contributed by atoms with Crippen LogP contribution in [0.25, 0.3) is 0 Å². The smallest absolute Gasteiger partial charge is 0.160 e. The Kier molecular flexibility index (Phi) is 6.65. The normalized spacial score (nSPS) is 26.9. The summed E-state index contributed by atoms with van der Waals surface area (Å²) in [6, 6.07) is 0. The molecule has 100 valence electrons. The van der Waals surface area contributed by atoms with Gasteiger partial charge < -0.3 is 0 Å². The molecular weight excluding hydrogens is 288 g/mol. The second-order valence-corrected chi connectivity index (χ2v) is 8.46. The molecule has 0 spiro atoms. The summed E-state index contributed by atoms with van der Waals surface area (Å²) in [6.45, 7) is 0. The quantitative estimate of drug-likeness (QED) is 0.390. The topological polar surface area (TPSA) is 17.1 Å². The number of hydrogen-bond acceptors (Lipinski definition) is 5. The van der Waals surface area contributed by atoms with Crippen LogP contribution in [0.3, 0.4) is 0 Å². The number of hydrogen-bond donors (Lipinski definition) is 4. The third kappa shape index (κ3) is 4.59. The average Bonchev–Trinajstić information content (AvgIpc) is 2.24. The summed E-state index contributed by atoms with van der Waals surface area (Å²) >= 11 is 17.9. The Hall–Kier alpha value is 1.07. The molecule has 1 fully saturated rings. The molecule has 5 heteroatoms. The number of Topliss-reactive ketones (excluding diaryl/α,β-unsaturated/α-hetero) is 1. The minimum Gasteiger partial charge on any atom is -0.297 e. The molecule has 1 rings (SSSR count). The van der Waals surface area contributed by atoms with E-state index in [9.17, 15) is 4.79 Å². The van der Waals surface area contributed by atoms with Crippen molar-refractivity contribution < 1.29 is 4.79 Å². The molecule has 17 heavy (non-hydrogen) atoms. The van der Waals surface area contributed by atoms with Crippen LogP contribution in [-0.4, -0.2) is 13.9 Å². The van der Waals surface area contributed by atoms with Gasteiger partial charge in [-0.2, -0.15) is 50.5 Å². The van der Waals surface area contributed by atoms with Crippen LogP contribution in [0, 0.1) is 0 Å². The molecule has 0 heterocycles. The summed E-state index contributed by atoms with van der Waals surface area (Å²) in [4.78, 5) is 12.1. The number of thiol groups is 4. The van der Waals surface area contributed by atoms with E-state index in [0.29, 0.717) is 6.42 Å². The van der Waals surface area contributed by atoms with Gasteiger partial charge >= 0.3 is 0 Å². The van der Waals surface area contributed by atoms with Crippen LogP contribution in [0.2, 0.25) is 0 Å². The molecule has 0 aromatic rings. The van der Waals surface area contributed by atoms with Crippen LogP contribution in [0.15, 0.2) is 0 Å². The van der Waals surface area contributed by atoms with Gasteiger partial charge in [-0.25, -0.2) is 0 Å². The van der Waals surface area contributed by atoms with Crippen molar-refractivity contribution in [3.05, 3.63) is 0 Å². The van der Waals surface area contributed by atoms with Crippen LogP contribution in [0.4, 0.5) is 0 Å². The zero-order chi connectivity index (χ0) is 12.9. The van der Waals surface area contributed by atoms with Gasteiger partial charge in [-0.1, -0.05) is 38.5 Å². The molecule has 0 saturated heterocycles. The third-order valence-corrected chi connectivity index (χ3v) is 6.46. The molecule has 1 aliphatic rings. The summed E-state index contributed by atoms with van der Waals surface area (Å²) in [7, 11) is 0. The first kappa shape index (κ1) is 16.1. The summed E-state index contributed by atoms with van der Waals surface area (Å²) < 4.78 is -1.78. The average molecular weight is 311 g/mol. The fourth-order valence-corrected chi connectivity index (χ4v) is 3.13. The van der Waals surface area contributed by atoms with Crippen molar-refractivity contribution in [3.63, 3.8) is 0 Å². The number of ketones is 1. The fraction of sp³-hybridized carbons (Fsp3) is 0.917. The highest BCUT2D eigenvalue weighted by Gasteiger charge is 2.46. The minimum atomic E-state index is -1.04. The summed E-state index contributed by atoms with van der Waals surface area (Å²) in [5.74, 6) is 0.0507. The molecule has 0 N–H and O–H groups in total. The molecule has 1 nitrogen and oxygen atoms in total. The van der Waals surface area contributed by atoms with Gasteiger partial charge in [0, 0.05) is 6.42 Å². The van der Waals surface area contributed by atoms with Crippen LogP contribution in [0.5, 0.6) is 0 Å². The molecule has 0 aromatic heterocycles. The maximum absolute atomic E-state index is 12.1. The van der Waals surface area contributed by atoms with Gasteiger partial charge in [0.25, 0.3) is 0 Å². The highest BCUT2D eigenvalue weighted by Crippen LogP contribution is 2.46. The minimum absolute atomic E-state index is 0.0507. The predicted molar refractivity (Wildman–Crippen MR) is 88.0 cm³/mol. The molecule has 1 aliphatic carbocycles. The monoisotopic (exact) mass is 310 g/mol. The highest BCUT2D eigenvalue weighted by molar-refractivity contribution is 8.09. The number of rotatable bonds is 0. The first-order chi connectivity index (χ1) is 7.88. The lowest BCUT2D eigenvalue weighted by Crippen LogP contribution is -2.44. The Morgan fingerprint density at radius 1 is 0.765 bits per heavy atom. The molecule has 0 atom stereocenters. The molecule has 0 aromatic carbocycles. The predicted octanol–water partition coefficient (Wildman–Crippen LogP) is 4.19.